The predicted molar refractivity (Wildman–Crippen MR) is 135 cm³/mol. The summed E-state index contributed by atoms with van der Waals surface area (Å²) in [5, 5.41) is 13.7. The lowest BCUT2D eigenvalue weighted by atomic mass is 10.0. The van der Waals surface area contributed by atoms with E-state index in [0.29, 0.717) is 17.3 Å². The first-order chi connectivity index (χ1) is 15.3. The van der Waals surface area contributed by atoms with Crippen molar-refractivity contribution in [3.8, 4) is 0 Å². The van der Waals surface area contributed by atoms with Gasteiger partial charge in [-0.3, -0.25) is 9.59 Å². The van der Waals surface area contributed by atoms with Gasteiger partial charge in [-0.1, -0.05) is 73.0 Å². The van der Waals surface area contributed by atoms with Crippen molar-refractivity contribution in [1.29, 1.82) is 0 Å². The van der Waals surface area contributed by atoms with Gasteiger partial charge < -0.3 is 10.6 Å². The van der Waals surface area contributed by atoms with Gasteiger partial charge in [0.05, 0.1) is 5.25 Å². The molecule has 1 heterocycles. The molecule has 0 bridgehead atoms. The Kier molecular flexibility index (Phi) is 8.72. The Bertz CT molecular complexity index is 1050. The molecule has 2 N–H and O–H groups in total. The summed E-state index contributed by atoms with van der Waals surface area (Å²) in [6, 6.07) is 15.7. The van der Waals surface area contributed by atoms with Gasteiger partial charge in [0.1, 0.15) is 0 Å². The van der Waals surface area contributed by atoms with Crippen molar-refractivity contribution in [3.63, 3.8) is 0 Å². The number of carbonyl (C=O) groups excluding carboxylic acids is 2. The Labute approximate surface area is 201 Å². The molecule has 0 fully saturated rings. The molecule has 32 heavy (non-hydrogen) atoms. The quantitative estimate of drug-likeness (QED) is 0.359. The molecule has 3 rings (SSSR count). The lowest BCUT2D eigenvalue weighted by Crippen LogP contribution is -2.22. The van der Waals surface area contributed by atoms with Gasteiger partial charge in [0.15, 0.2) is 8.68 Å². The summed E-state index contributed by atoms with van der Waals surface area (Å²) < 4.78 is 1.66. The number of benzene rings is 2. The highest BCUT2D eigenvalue weighted by molar-refractivity contribution is 8.03. The predicted octanol–water partition coefficient (Wildman–Crippen LogP) is 6.03. The molecule has 2 aromatic carbocycles. The average Bonchev–Trinajstić information content (AvgIpc) is 3.20. The number of amides is 2. The molecule has 2 amide bonds. The van der Waals surface area contributed by atoms with E-state index in [9.17, 15) is 9.59 Å². The number of thioether (sulfide) groups is 2. The van der Waals surface area contributed by atoms with Crippen LogP contribution in [0.4, 0.5) is 11.4 Å². The number of carbonyl (C=O) groups is 2. The summed E-state index contributed by atoms with van der Waals surface area (Å²) in [6.45, 7) is 7.68. The fraction of sp³-hybridized carbons (Fsp3) is 0.304. The summed E-state index contributed by atoms with van der Waals surface area (Å²) in [5.74, 6) is 1.12. The van der Waals surface area contributed by atoms with Gasteiger partial charge in [-0.25, -0.2) is 0 Å². The summed E-state index contributed by atoms with van der Waals surface area (Å²) in [4.78, 5) is 23.6. The Balaban J connectivity index is 1.48. The number of nitrogens with zero attached hydrogens (tertiary/aromatic N) is 2. The standard InChI is InChI=1S/C23H26N4O2S3/c1-14(2)18-7-5-17(6-8-18)13-30-22-26-27-23(32-22)31-15(3)21(29)25-20-11-9-19(10-12-20)24-16(4)28/h5-12,14-15H,13H2,1-4H3,(H,24,28)(H,25,29). The maximum absolute atomic E-state index is 12.5. The van der Waals surface area contributed by atoms with E-state index < -0.39 is 0 Å². The Morgan fingerprint density at radius 3 is 2.09 bits per heavy atom. The molecule has 0 aliphatic rings. The van der Waals surface area contributed by atoms with Crippen molar-refractivity contribution in [2.24, 2.45) is 0 Å². The van der Waals surface area contributed by atoms with E-state index >= 15 is 0 Å². The molecule has 6 nitrogen and oxygen atoms in total. The number of anilines is 2. The van der Waals surface area contributed by atoms with E-state index in [1.54, 1.807) is 36.0 Å². The second-order valence-corrected chi connectivity index (χ2v) is 11.3. The van der Waals surface area contributed by atoms with Crippen LogP contribution >= 0.6 is 34.9 Å². The molecule has 1 atom stereocenters. The summed E-state index contributed by atoms with van der Waals surface area (Å²) >= 11 is 4.55. The van der Waals surface area contributed by atoms with Crippen LogP contribution in [0.3, 0.4) is 0 Å². The molecule has 9 heteroatoms. The molecule has 1 unspecified atom stereocenters. The maximum atomic E-state index is 12.5. The van der Waals surface area contributed by atoms with E-state index in [-0.39, 0.29) is 17.1 Å². The van der Waals surface area contributed by atoms with E-state index in [1.165, 1.54) is 41.1 Å². The summed E-state index contributed by atoms with van der Waals surface area (Å²) in [5.41, 5.74) is 3.95. The third-order valence-electron chi connectivity index (χ3n) is 4.52. The van der Waals surface area contributed by atoms with Crippen molar-refractivity contribution in [1.82, 2.24) is 10.2 Å². The number of hydrogen-bond acceptors (Lipinski definition) is 7. The first-order valence-electron chi connectivity index (χ1n) is 10.2. The van der Waals surface area contributed by atoms with Gasteiger partial charge in [0, 0.05) is 24.1 Å². The van der Waals surface area contributed by atoms with Gasteiger partial charge in [-0.05, 0) is 48.2 Å². The summed E-state index contributed by atoms with van der Waals surface area (Å²) in [6.07, 6.45) is 0. The van der Waals surface area contributed by atoms with Gasteiger partial charge in [0.25, 0.3) is 0 Å². The third-order valence-corrected chi connectivity index (χ3v) is 7.83. The smallest absolute Gasteiger partial charge is 0.237 e. The first kappa shape index (κ1) is 24.3. The molecular formula is C23H26N4O2S3. The molecule has 0 aliphatic heterocycles. The number of aromatic nitrogens is 2. The van der Waals surface area contributed by atoms with Crippen molar-refractivity contribution in [3.05, 3.63) is 59.7 Å². The monoisotopic (exact) mass is 486 g/mol. The highest BCUT2D eigenvalue weighted by Gasteiger charge is 2.17. The van der Waals surface area contributed by atoms with Crippen molar-refractivity contribution in [2.45, 2.75) is 53.3 Å². The fourth-order valence-electron chi connectivity index (χ4n) is 2.74. The minimum atomic E-state index is -0.320. The molecule has 3 aromatic rings. The zero-order valence-electron chi connectivity index (χ0n) is 18.4. The van der Waals surface area contributed by atoms with Crippen LogP contribution in [-0.2, 0) is 15.3 Å². The van der Waals surface area contributed by atoms with E-state index in [0.717, 1.165) is 14.4 Å². The SMILES string of the molecule is CC(=O)Nc1ccc(NC(=O)C(C)Sc2nnc(SCc3ccc(C(C)C)cc3)s2)cc1. The van der Waals surface area contributed by atoms with Crippen LogP contribution in [0, 0.1) is 0 Å². The molecule has 0 aliphatic carbocycles. The zero-order valence-corrected chi connectivity index (χ0v) is 20.9. The normalized spacial score (nSPS) is 11.9. The number of hydrogen-bond donors (Lipinski definition) is 2. The molecular weight excluding hydrogens is 460 g/mol. The lowest BCUT2D eigenvalue weighted by molar-refractivity contribution is -0.115. The van der Waals surface area contributed by atoms with Crippen LogP contribution in [0.15, 0.2) is 57.2 Å². The van der Waals surface area contributed by atoms with Crippen LogP contribution in [0.2, 0.25) is 0 Å². The number of nitrogens with one attached hydrogen (secondary N) is 2. The molecule has 0 saturated heterocycles. The molecule has 1 aromatic heterocycles. The second-order valence-electron chi connectivity index (χ2n) is 7.53. The highest BCUT2D eigenvalue weighted by Crippen LogP contribution is 2.33. The average molecular weight is 487 g/mol. The molecule has 0 saturated carbocycles. The Hall–Kier alpha value is -2.36. The van der Waals surface area contributed by atoms with Gasteiger partial charge in [-0.15, -0.1) is 10.2 Å². The van der Waals surface area contributed by atoms with E-state index in [1.807, 2.05) is 6.92 Å². The van der Waals surface area contributed by atoms with Crippen LogP contribution in [-0.4, -0.2) is 27.3 Å². The van der Waals surface area contributed by atoms with E-state index in [2.05, 4.69) is 58.9 Å². The van der Waals surface area contributed by atoms with Gasteiger partial charge in [-0.2, -0.15) is 0 Å². The van der Waals surface area contributed by atoms with E-state index in [4.69, 9.17) is 0 Å². The minimum absolute atomic E-state index is 0.114. The Morgan fingerprint density at radius 2 is 1.50 bits per heavy atom. The van der Waals surface area contributed by atoms with Crippen molar-refractivity contribution in [2.75, 3.05) is 10.6 Å². The highest BCUT2D eigenvalue weighted by atomic mass is 32.2. The third kappa shape index (κ3) is 7.36. The van der Waals surface area contributed by atoms with Crippen LogP contribution < -0.4 is 10.6 Å². The van der Waals surface area contributed by atoms with Crippen LogP contribution in [0.25, 0.3) is 0 Å². The van der Waals surface area contributed by atoms with Gasteiger partial charge in [0.2, 0.25) is 11.8 Å². The van der Waals surface area contributed by atoms with Crippen molar-refractivity contribution < 1.29 is 9.59 Å². The van der Waals surface area contributed by atoms with Crippen LogP contribution in [0.5, 0.6) is 0 Å². The van der Waals surface area contributed by atoms with Gasteiger partial charge >= 0.3 is 0 Å². The zero-order chi connectivity index (χ0) is 23.1. The lowest BCUT2D eigenvalue weighted by Gasteiger charge is -2.11. The van der Waals surface area contributed by atoms with Crippen LogP contribution in [0.1, 0.15) is 44.7 Å². The minimum Gasteiger partial charge on any atom is -0.326 e. The Morgan fingerprint density at radius 1 is 0.906 bits per heavy atom. The largest absolute Gasteiger partial charge is 0.326 e. The first-order valence-corrected chi connectivity index (χ1v) is 12.9. The maximum Gasteiger partial charge on any atom is 0.237 e. The molecule has 0 radical (unpaired) electrons. The second kappa shape index (κ2) is 11.5. The summed E-state index contributed by atoms with van der Waals surface area (Å²) in [7, 11) is 0. The number of rotatable bonds is 9. The molecule has 0 spiro atoms. The van der Waals surface area contributed by atoms with Crippen molar-refractivity contribution >= 4 is 58.0 Å². The topological polar surface area (TPSA) is 84.0 Å². The fourth-order valence-corrected chi connectivity index (χ4v) is 5.86. The molecule has 168 valence electrons.